The minimum absolute atomic E-state index is 0.169. The van der Waals surface area contributed by atoms with Crippen LogP contribution in [0.1, 0.15) is 31.2 Å². The Morgan fingerprint density at radius 3 is 2.65 bits per heavy atom. The molecule has 3 N–H and O–H groups in total. The van der Waals surface area contributed by atoms with E-state index in [4.69, 9.17) is 11.1 Å². The van der Waals surface area contributed by atoms with Crippen LogP contribution in [0.4, 0.5) is 8.78 Å². The number of Topliss-reactive ketones (excluding diaryl/α,β-unsaturated/α-hetero) is 1. The van der Waals surface area contributed by atoms with Crippen molar-refractivity contribution in [1.82, 2.24) is 14.8 Å². The number of carbonyl (C=O) groups excluding carboxylic acids is 2. The first-order valence-corrected chi connectivity index (χ1v) is 10.8. The number of nitrogens with two attached hydrogens (primary N) is 1. The van der Waals surface area contributed by atoms with Gasteiger partial charge in [0.25, 0.3) is 0 Å². The lowest BCUT2D eigenvalue weighted by Crippen LogP contribution is -2.40. The van der Waals surface area contributed by atoms with Crippen LogP contribution < -0.4 is 5.73 Å². The third kappa shape index (κ3) is 6.57. The molecular formula is C25H29F2N5O2. The molecule has 1 unspecified atom stereocenters. The zero-order valence-electron chi connectivity index (χ0n) is 19.3. The van der Waals surface area contributed by atoms with Gasteiger partial charge in [-0.2, -0.15) is 4.39 Å². The van der Waals surface area contributed by atoms with Crippen LogP contribution >= 0.6 is 0 Å². The highest BCUT2D eigenvalue weighted by molar-refractivity contribution is 5.99. The fourth-order valence-electron chi connectivity index (χ4n) is 3.25. The van der Waals surface area contributed by atoms with Crippen molar-refractivity contribution in [2.45, 2.75) is 25.7 Å². The van der Waals surface area contributed by atoms with Crippen LogP contribution in [0.3, 0.4) is 0 Å². The molecule has 1 heterocycles. The molecule has 1 amide bonds. The van der Waals surface area contributed by atoms with Gasteiger partial charge in [0.15, 0.2) is 11.7 Å². The summed E-state index contributed by atoms with van der Waals surface area (Å²) in [6.07, 6.45) is 4.79. The maximum atomic E-state index is 14.2. The van der Waals surface area contributed by atoms with Crippen molar-refractivity contribution < 1.29 is 18.4 Å². The normalized spacial score (nSPS) is 11.8. The molecule has 0 saturated carbocycles. The summed E-state index contributed by atoms with van der Waals surface area (Å²) in [7, 11) is 1.37. The van der Waals surface area contributed by atoms with Crippen LogP contribution in [-0.2, 0) is 9.59 Å². The van der Waals surface area contributed by atoms with Crippen molar-refractivity contribution >= 4 is 17.6 Å². The van der Waals surface area contributed by atoms with E-state index in [0.717, 1.165) is 4.90 Å². The molecule has 0 bridgehead atoms. The van der Waals surface area contributed by atoms with E-state index in [9.17, 15) is 18.4 Å². The Morgan fingerprint density at radius 2 is 2.03 bits per heavy atom. The number of halogens is 2. The van der Waals surface area contributed by atoms with Crippen LogP contribution in [0.2, 0.25) is 0 Å². The lowest BCUT2D eigenvalue weighted by atomic mass is 9.94. The summed E-state index contributed by atoms with van der Waals surface area (Å²) >= 11 is 0. The van der Waals surface area contributed by atoms with Gasteiger partial charge >= 0.3 is 0 Å². The molecule has 7 nitrogen and oxygen atoms in total. The second-order valence-corrected chi connectivity index (χ2v) is 7.53. The Hall–Kier alpha value is -3.88. The van der Waals surface area contributed by atoms with Crippen LogP contribution in [0.5, 0.6) is 0 Å². The molecule has 0 fully saturated rings. The number of pyridine rings is 1. The summed E-state index contributed by atoms with van der Waals surface area (Å²) in [4.78, 5) is 31.5. The van der Waals surface area contributed by atoms with Gasteiger partial charge in [-0.05, 0) is 35.7 Å². The number of ketones is 1. The largest absolute Gasteiger partial charge is 0.370 e. The number of nitrogens with one attached hydrogen (secondary N) is 1. The predicted molar refractivity (Wildman–Crippen MR) is 128 cm³/mol. The maximum absolute atomic E-state index is 14.2. The second-order valence-electron chi connectivity index (χ2n) is 7.53. The predicted octanol–water partition coefficient (Wildman–Crippen LogP) is 3.99. The van der Waals surface area contributed by atoms with Gasteiger partial charge in [0.2, 0.25) is 11.9 Å². The fourth-order valence-corrected chi connectivity index (χ4v) is 3.25. The molecule has 0 aliphatic carbocycles. The molecule has 0 spiro atoms. The van der Waals surface area contributed by atoms with Gasteiger partial charge < -0.3 is 10.6 Å². The molecule has 2 rings (SSSR count). The lowest BCUT2D eigenvalue weighted by Gasteiger charge is -2.24. The van der Waals surface area contributed by atoms with Crippen LogP contribution in [-0.4, -0.2) is 52.7 Å². The quantitative estimate of drug-likeness (QED) is 0.224. The van der Waals surface area contributed by atoms with Crippen molar-refractivity contribution in [3.63, 3.8) is 0 Å². The van der Waals surface area contributed by atoms with E-state index in [0.29, 0.717) is 11.1 Å². The number of carbonyl (C=O) groups is 2. The van der Waals surface area contributed by atoms with Gasteiger partial charge in [0.1, 0.15) is 0 Å². The number of hydrogen-bond donors (Lipinski definition) is 2. The number of aromatic nitrogens is 1. The Labute approximate surface area is 198 Å². The molecule has 1 aromatic carbocycles. The molecule has 1 atom stereocenters. The number of likely N-dealkylation sites (N-methyl/N-ethyl adjacent to an activating group) is 1. The van der Waals surface area contributed by atoms with E-state index in [2.05, 4.69) is 11.6 Å². The monoisotopic (exact) mass is 469 g/mol. The number of rotatable bonds is 11. The van der Waals surface area contributed by atoms with Crippen molar-refractivity contribution in [2.75, 3.05) is 20.3 Å². The lowest BCUT2D eigenvalue weighted by molar-refractivity contribution is -0.127. The molecule has 1 aromatic heterocycles. The first kappa shape index (κ1) is 26.4. The van der Waals surface area contributed by atoms with E-state index in [1.807, 2.05) is 0 Å². The first-order chi connectivity index (χ1) is 16.2. The molecule has 0 saturated heterocycles. The topological polar surface area (TPSA) is 103 Å². The number of hydrogen-bond acceptors (Lipinski definition) is 5. The summed E-state index contributed by atoms with van der Waals surface area (Å²) in [6, 6.07) is 9.90. The number of amides is 1. The molecule has 180 valence electrons. The smallest absolute Gasteiger partial charge is 0.240 e. The Bertz CT molecular complexity index is 1090. The molecule has 0 aliphatic heterocycles. The fraction of sp³-hybridized carbons (Fsp3) is 0.280. The summed E-state index contributed by atoms with van der Waals surface area (Å²) < 4.78 is 27.1. The molecule has 2 aromatic rings. The SMILES string of the molecule is C=C(C(=O)CC)N(/C=C/C(C(=O)N(C)C(=N)N)c1cccc(-c2cccnc2F)c1)CCCF. The van der Waals surface area contributed by atoms with Crippen molar-refractivity contribution in [1.29, 1.82) is 5.41 Å². The van der Waals surface area contributed by atoms with Crippen molar-refractivity contribution in [3.8, 4) is 11.1 Å². The van der Waals surface area contributed by atoms with Gasteiger partial charge in [-0.25, -0.2) is 4.98 Å². The average molecular weight is 470 g/mol. The summed E-state index contributed by atoms with van der Waals surface area (Å²) in [6.45, 7) is 5.12. The second kappa shape index (κ2) is 12.4. The summed E-state index contributed by atoms with van der Waals surface area (Å²) in [5, 5.41) is 7.64. The number of allylic oxidation sites excluding steroid dienone is 1. The van der Waals surface area contributed by atoms with Crippen LogP contribution in [0.15, 0.2) is 67.1 Å². The third-order valence-electron chi connectivity index (χ3n) is 5.25. The Kier molecular flexibility index (Phi) is 9.61. The van der Waals surface area contributed by atoms with Crippen molar-refractivity contribution in [3.05, 3.63) is 78.7 Å². The van der Waals surface area contributed by atoms with Gasteiger partial charge in [-0.3, -0.25) is 24.3 Å². The van der Waals surface area contributed by atoms with Crippen molar-refractivity contribution in [2.24, 2.45) is 5.73 Å². The molecular weight excluding hydrogens is 440 g/mol. The number of alkyl halides is 1. The van der Waals surface area contributed by atoms with Gasteiger partial charge in [0, 0.05) is 38.0 Å². The molecule has 34 heavy (non-hydrogen) atoms. The molecule has 9 heteroatoms. The third-order valence-corrected chi connectivity index (χ3v) is 5.25. The first-order valence-electron chi connectivity index (χ1n) is 10.8. The Balaban J connectivity index is 2.52. The number of nitrogens with zero attached hydrogens (tertiary/aromatic N) is 3. The number of guanidine groups is 1. The summed E-state index contributed by atoms with van der Waals surface area (Å²) in [5.74, 6) is -2.74. The average Bonchev–Trinajstić information content (AvgIpc) is 2.84. The zero-order chi connectivity index (χ0) is 25.3. The highest BCUT2D eigenvalue weighted by Gasteiger charge is 2.24. The highest BCUT2D eigenvalue weighted by atomic mass is 19.1. The Morgan fingerprint density at radius 1 is 1.29 bits per heavy atom. The summed E-state index contributed by atoms with van der Waals surface area (Å²) in [5.41, 5.74) is 6.99. The zero-order valence-corrected chi connectivity index (χ0v) is 19.3. The van der Waals surface area contributed by atoms with E-state index in [1.54, 1.807) is 43.3 Å². The molecule has 0 aliphatic rings. The van der Waals surface area contributed by atoms with E-state index in [1.165, 1.54) is 30.4 Å². The van der Waals surface area contributed by atoms with Crippen LogP contribution in [0.25, 0.3) is 11.1 Å². The minimum atomic E-state index is -0.925. The maximum Gasteiger partial charge on any atom is 0.240 e. The highest BCUT2D eigenvalue weighted by Crippen LogP contribution is 2.28. The van der Waals surface area contributed by atoms with Gasteiger partial charge in [0.05, 0.1) is 18.3 Å². The standard InChI is InChI=1S/C25H29F2N5O2/c1-4-22(33)17(2)32(14-7-12-26)15-11-21(24(34)31(3)25(28)29)19-9-5-8-18(16-19)20-10-6-13-30-23(20)27/h5-6,8-11,13,15-16,21H,2,4,7,12,14H2,1,3H3,(H3,28,29)/b15-11+. The van der Waals surface area contributed by atoms with E-state index >= 15 is 0 Å². The van der Waals surface area contributed by atoms with E-state index in [-0.39, 0.29) is 36.4 Å². The minimum Gasteiger partial charge on any atom is -0.370 e. The molecule has 0 radical (unpaired) electrons. The number of benzene rings is 1. The van der Waals surface area contributed by atoms with Crippen LogP contribution in [0, 0.1) is 11.4 Å². The van der Waals surface area contributed by atoms with Gasteiger partial charge in [-0.1, -0.05) is 37.8 Å². The van der Waals surface area contributed by atoms with Gasteiger partial charge in [-0.15, -0.1) is 0 Å². The van der Waals surface area contributed by atoms with E-state index < -0.39 is 30.4 Å².